The lowest BCUT2D eigenvalue weighted by molar-refractivity contribution is -0.134. The third-order valence-electron chi connectivity index (χ3n) is 7.67. The fourth-order valence-electron chi connectivity index (χ4n) is 6.55. The zero-order valence-corrected chi connectivity index (χ0v) is 17.8. The van der Waals surface area contributed by atoms with Crippen LogP contribution in [0.1, 0.15) is 84.7 Å². The summed E-state index contributed by atoms with van der Waals surface area (Å²) in [6, 6.07) is 6.70. The molecule has 0 amide bonds. The maximum atomic E-state index is 12.3. The van der Waals surface area contributed by atoms with Crippen molar-refractivity contribution in [3.05, 3.63) is 29.3 Å². The zero-order chi connectivity index (χ0) is 18.9. The molecule has 4 rings (SSSR count). The van der Waals surface area contributed by atoms with Crippen molar-refractivity contribution in [3.63, 3.8) is 0 Å². The first-order valence-electron chi connectivity index (χ1n) is 10.7. The van der Waals surface area contributed by atoms with Crippen molar-refractivity contribution >= 4 is 5.78 Å². The summed E-state index contributed by atoms with van der Waals surface area (Å²) in [5.41, 5.74) is 3.31. The van der Waals surface area contributed by atoms with Crippen molar-refractivity contribution in [3.8, 4) is 5.75 Å². The van der Waals surface area contributed by atoms with E-state index < -0.39 is 0 Å². The fraction of sp³-hybridized carbons (Fsp3) is 0.708. The molecule has 0 aromatic heterocycles. The molecule has 0 spiro atoms. The van der Waals surface area contributed by atoms with Crippen molar-refractivity contribution in [2.24, 2.45) is 23.2 Å². The predicted octanol–water partition coefficient (Wildman–Crippen LogP) is 5.59. The number of fused-ring (bicyclic) bond motifs is 5. The summed E-state index contributed by atoms with van der Waals surface area (Å²) in [6.45, 7) is 8.26. The Morgan fingerprint density at radius 1 is 1.19 bits per heavy atom. The van der Waals surface area contributed by atoms with Gasteiger partial charge in [0.2, 0.25) is 0 Å². The Labute approximate surface area is 166 Å². The van der Waals surface area contributed by atoms with E-state index in [0.717, 1.165) is 24.0 Å². The van der Waals surface area contributed by atoms with E-state index in [-0.39, 0.29) is 12.3 Å². The average molecular weight is 377 g/mol. The minimum atomic E-state index is 0. The third kappa shape index (κ3) is 3.68. The minimum Gasteiger partial charge on any atom is -0.497 e. The summed E-state index contributed by atoms with van der Waals surface area (Å²) in [4.78, 5) is 12.3. The lowest BCUT2D eigenvalue weighted by atomic mass is 9.47. The summed E-state index contributed by atoms with van der Waals surface area (Å²) in [6.07, 6.45) is 8.61. The summed E-state index contributed by atoms with van der Waals surface area (Å²) in [5.74, 6) is 3.92. The van der Waals surface area contributed by atoms with E-state index in [1.807, 2.05) is 20.8 Å². The molecule has 3 nitrogen and oxygen atoms in total. The number of ketones is 1. The second kappa shape index (κ2) is 8.77. The van der Waals surface area contributed by atoms with Gasteiger partial charge in [0, 0.05) is 7.34 Å². The van der Waals surface area contributed by atoms with Crippen LogP contribution in [0.15, 0.2) is 18.2 Å². The van der Waals surface area contributed by atoms with Gasteiger partial charge in [0.25, 0.3) is 0 Å². The highest BCUT2D eigenvalue weighted by atomic mass is 16.5. The highest BCUT2D eigenvalue weighted by molar-refractivity contribution is 5.79. The Balaban J connectivity index is 0.000000950. The predicted molar refractivity (Wildman–Crippen MR) is 113 cm³/mol. The van der Waals surface area contributed by atoms with Gasteiger partial charge in [-0.15, -0.1) is 0 Å². The molecular formula is C24H40O3. The van der Waals surface area contributed by atoms with Gasteiger partial charge in [0.15, 0.2) is 0 Å². The van der Waals surface area contributed by atoms with Gasteiger partial charge in [-0.1, -0.05) is 33.3 Å². The van der Waals surface area contributed by atoms with Gasteiger partial charge in [-0.05, 0) is 91.9 Å². The van der Waals surface area contributed by atoms with Gasteiger partial charge in [0.05, 0.1) is 7.11 Å². The number of benzene rings is 1. The molecule has 0 aliphatic heterocycles. The summed E-state index contributed by atoms with van der Waals surface area (Å²) in [5, 5.41) is 0. The van der Waals surface area contributed by atoms with E-state index in [2.05, 4.69) is 25.1 Å². The molecule has 27 heavy (non-hydrogen) atoms. The SMILES string of the molecule is CC.COc1ccc2c(c1)CCC1C2CCC2(C)C(C(C)=O)CCCC12.O.[HH]. The number of hydrogen-bond donors (Lipinski definition) is 0. The molecule has 2 N–H and O–H groups in total. The molecule has 2 fully saturated rings. The molecule has 5 atom stereocenters. The Morgan fingerprint density at radius 3 is 2.59 bits per heavy atom. The van der Waals surface area contributed by atoms with Gasteiger partial charge < -0.3 is 10.2 Å². The van der Waals surface area contributed by atoms with Crippen LogP contribution >= 0.6 is 0 Å². The highest BCUT2D eigenvalue weighted by Gasteiger charge is 2.53. The van der Waals surface area contributed by atoms with Crippen LogP contribution in [0.5, 0.6) is 5.75 Å². The molecule has 0 saturated heterocycles. The lowest BCUT2D eigenvalue weighted by Gasteiger charge is -2.57. The van der Waals surface area contributed by atoms with Crippen molar-refractivity contribution in [1.29, 1.82) is 0 Å². The number of rotatable bonds is 2. The Kier molecular flexibility index (Phi) is 7.13. The third-order valence-corrected chi connectivity index (χ3v) is 7.67. The van der Waals surface area contributed by atoms with Crippen LogP contribution in [0.3, 0.4) is 0 Å². The molecule has 1 aromatic rings. The summed E-state index contributed by atoms with van der Waals surface area (Å²) in [7, 11) is 1.75. The molecule has 0 heterocycles. The minimum absolute atomic E-state index is 0. The standard InChI is InChI=1S/C22H30O2.C2H6.H2O.H2/c1-14(23)20-5-4-6-21-19-9-7-15-13-16(24-3)8-10-17(15)18(19)11-12-22(20,21)2;1-2;;/h8,10,13,18-21H,4-7,9,11-12H2,1-3H3;1-2H3;1H2;1H. The lowest BCUT2D eigenvalue weighted by Crippen LogP contribution is -2.50. The number of ether oxygens (including phenoxy) is 1. The van der Waals surface area contributed by atoms with Gasteiger partial charge in [0.1, 0.15) is 11.5 Å². The molecule has 3 aliphatic carbocycles. The number of aryl methyl sites for hydroxylation is 1. The molecule has 0 bridgehead atoms. The van der Waals surface area contributed by atoms with Crippen molar-refractivity contribution < 1.29 is 16.4 Å². The second-order valence-electron chi connectivity index (χ2n) is 8.62. The number of carbonyl (C=O) groups excluding carboxylic acids is 1. The zero-order valence-electron chi connectivity index (χ0n) is 17.8. The van der Waals surface area contributed by atoms with Crippen LogP contribution < -0.4 is 4.74 Å². The van der Waals surface area contributed by atoms with Crippen LogP contribution in [0.4, 0.5) is 0 Å². The molecule has 0 radical (unpaired) electrons. The second-order valence-corrected chi connectivity index (χ2v) is 8.62. The first kappa shape index (κ1) is 21.9. The highest BCUT2D eigenvalue weighted by Crippen LogP contribution is 2.61. The van der Waals surface area contributed by atoms with E-state index in [9.17, 15) is 4.79 Å². The number of hydrogen-bond acceptors (Lipinski definition) is 2. The first-order valence-corrected chi connectivity index (χ1v) is 10.7. The summed E-state index contributed by atoms with van der Waals surface area (Å²) < 4.78 is 5.42. The van der Waals surface area contributed by atoms with Crippen LogP contribution in [0, 0.1) is 23.2 Å². The molecular weight excluding hydrogens is 336 g/mol. The van der Waals surface area contributed by atoms with E-state index in [4.69, 9.17) is 4.74 Å². The maximum Gasteiger partial charge on any atom is 0.133 e. The van der Waals surface area contributed by atoms with Crippen molar-refractivity contribution in [2.75, 3.05) is 7.11 Å². The Morgan fingerprint density at radius 2 is 1.93 bits per heavy atom. The van der Waals surface area contributed by atoms with Crippen LogP contribution in [-0.2, 0) is 11.2 Å². The van der Waals surface area contributed by atoms with E-state index in [1.165, 1.54) is 44.1 Å². The van der Waals surface area contributed by atoms with E-state index in [0.29, 0.717) is 17.6 Å². The van der Waals surface area contributed by atoms with Crippen molar-refractivity contribution in [1.82, 2.24) is 0 Å². The molecule has 1 aromatic carbocycles. The normalized spacial score (nSPS) is 33.8. The number of methoxy groups -OCH3 is 1. The molecule has 2 saturated carbocycles. The molecule has 3 aliphatic rings. The topological polar surface area (TPSA) is 57.8 Å². The largest absolute Gasteiger partial charge is 0.497 e. The first-order chi connectivity index (χ1) is 12.5. The van der Waals surface area contributed by atoms with Crippen LogP contribution in [-0.4, -0.2) is 18.4 Å². The van der Waals surface area contributed by atoms with Gasteiger partial charge in [-0.25, -0.2) is 0 Å². The van der Waals surface area contributed by atoms with E-state index >= 15 is 0 Å². The quantitative estimate of drug-likeness (QED) is 0.675. The fourth-order valence-corrected chi connectivity index (χ4v) is 6.55. The Hall–Kier alpha value is -1.35. The smallest absolute Gasteiger partial charge is 0.133 e. The molecule has 154 valence electrons. The monoisotopic (exact) mass is 376 g/mol. The van der Waals surface area contributed by atoms with Crippen molar-refractivity contribution in [2.45, 2.75) is 78.6 Å². The number of carbonyl (C=O) groups is 1. The van der Waals surface area contributed by atoms with Gasteiger partial charge in [-0.3, -0.25) is 4.79 Å². The van der Waals surface area contributed by atoms with E-state index in [1.54, 1.807) is 12.7 Å². The summed E-state index contributed by atoms with van der Waals surface area (Å²) >= 11 is 0. The van der Waals surface area contributed by atoms with Crippen LogP contribution in [0.2, 0.25) is 0 Å². The molecule has 5 unspecified atom stereocenters. The van der Waals surface area contributed by atoms with Crippen LogP contribution in [0.25, 0.3) is 0 Å². The van der Waals surface area contributed by atoms with Gasteiger partial charge in [-0.2, -0.15) is 0 Å². The number of Topliss-reactive ketones (excluding diaryl/α,β-unsaturated/α-hetero) is 1. The molecule has 3 heteroatoms. The van der Waals surface area contributed by atoms with Gasteiger partial charge >= 0.3 is 0 Å². The Bertz CT molecular complexity index is 659. The average Bonchev–Trinajstić information content (AvgIpc) is 2.67. The maximum absolute atomic E-state index is 12.3.